The maximum absolute atomic E-state index is 11.9. The summed E-state index contributed by atoms with van der Waals surface area (Å²) < 4.78 is 6.86. The number of carbonyl (C=O) groups is 2. The Balaban J connectivity index is 1.57. The molecule has 0 aliphatic carbocycles. The van der Waals surface area contributed by atoms with Crippen LogP contribution in [0.15, 0.2) is 30.5 Å². The molecule has 9 nitrogen and oxygen atoms in total. The van der Waals surface area contributed by atoms with Crippen LogP contribution in [0.4, 0.5) is 16.2 Å². The van der Waals surface area contributed by atoms with E-state index in [0.717, 1.165) is 37.3 Å². The Kier molecular flexibility index (Phi) is 5.67. The molecule has 1 aromatic heterocycles. The molecule has 2 aromatic rings. The highest BCUT2D eigenvalue weighted by Gasteiger charge is 2.23. The van der Waals surface area contributed by atoms with Crippen LogP contribution in [0.25, 0.3) is 5.69 Å². The second-order valence-corrected chi connectivity index (χ2v) is 8.17. The Hall–Kier alpha value is -3.23. The first kappa shape index (κ1) is 20.5. The third kappa shape index (κ3) is 5.18. The summed E-state index contributed by atoms with van der Waals surface area (Å²) in [6.07, 6.45) is 2.90. The number of aromatic nitrogens is 2. The fourth-order valence-electron chi connectivity index (χ4n) is 3.28. The third-order valence-corrected chi connectivity index (χ3v) is 4.67. The quantitative estimate of drug-likeness (QED) is 0.720. The number of hydrogen-bond donors (Lipinski definition) is 3. The summed E-state index contributed by atoms with van der Waals surface area (Å²) in [5, 5.41) is 7.08. The zero-order valence-corrected chi connectivity index (χ0v) is 17.0. The van der Waals surface area contributed by atoms with Gasteiger partial charge in [0.2, 0.25) is 0 Å². The predicted molar refractivity (Wildman–Crippen MR) is 111 cm³/mol. The molecule has 0 saturated carbocycles. The van der Waals surface area contributed by atoms with Gasteiger partial charge in [0.1, 0.15) is 5.60 Å². The van der Waals surface area contributed by atoms with Crippen LogP contribution in [0.5, 0.6) is 0 Å². The number of nitrogen functional groups attached to an aromatic ring is 1. The number of nitrogens with one attached hydrogen (secondary N) is 1. The second-order valence-electron chi connectivity index (χ2n) is 8.17. The Morgan fingerprint density at radius 1 is 1.14 bits per heavy atom. The van der Waals surface area contributed by atoms with Crippen LogP contribution in [0.2, 0.25) is 0 Å². The van der Waals surface area contributed by atoms with Crippen LogP contribution in [0.3, 0.4) is 0 Å². The molecule has 29 heavy (non-hydrogen) atoms. The molecule has 9 heteroatoms. The van der Waals surface area contributed by atoms with Crippen molar-refractivity contribution in [2.45, 2.75) is 45.3 Å². The lowest BCUT2D eigenvalue weighted by atomic mass is 10.0. The summed E-state index contributed by atoms with van der Waals surface area (Å²) in [4.78, 5) is 25.5. The highest BCUT2D eigenvalue weighted by Crippen LogP contribution is 2.23. The zero-order valence-electron chi connectivity index (χ0n) is 17.0. The van der Waals surface area contributed by atoms with Crippen molar-refractivity contribution in [2.75, 3.05) is 23.7 Å². The van der Waals surface area contributed by atoms with Gasteiger partial charge in [-0.25, -0.2) is 9.48 Å². The summed E-state index contributed by atoms with van der Waals surface area (Å²) in [5.41, 5.74) is 12.7. The maximum Gasteiger partial charge on any atom is 0.407 e. The molecule has 5 N–H and O–H groups in total. The van der Waals surface area contributed by atoms with Crippen LogP contribution in [-0.2, 0) is 4.74 Å². The first-order valence-electron chi connectivity index (χ1n) is 9.62. The van der Waals surface area contributed by atoms with Gasteiger partial charge in [0, 0.05) is 24.8 Å². The molecule has 0 radical (unpaired) electrons. The van der Waals surface area contributed by atoms with Gasteiger partial charge in [0.05, 0.1) is 17.6 Å². The van der Waals surface area contributed by atoms with Gasteiger partial charge in [-0.1, -0.05) is 0 Å². The molecular formula is C20H28N6O3. The van der Waals surface area contributed by atoms with E-state index >= 15 is 0 Å². The molecule has 0 atom stereocenters. The van der Waals surface area contributed by atoms with Crippen LogP contribution in [-0.4, -0.2) is 46.5 Å². The van der Waals surface area contributed by atoms with Crippen molar-refractivity contribution in [3.8, 4) is 5.69 Å². The number of ether oxygens (including phenoxy) is 1. The lowest BCUT2D eigenvalue weighted by molar-refractivity contribution is 0.0497. The Morgan fingerprint density at radius 2 is 1.72 bits per heavy atom. The van der Waals surface area contributed by atoms with Gasteiger partial charge < -0.3 is 26.4 Å². The van der Waals surface area contributed by atoms with E-state index in [1.54, 1.807) is 6.20 Å². The van der Waals surface area contributed by atoms with Crippen LogP contribution < -0.4 is 21.7 Å². The SMILES string of the molecule is CC(C)(C)OC(=O)NC1CCN(c2ccc(-n3cc(N)c(C(N)=O)n3)cc2)CC1. The number of nitrogens with zero attached hydrogens (tertiary/aromatic N) is 3. The van der Waals surface area contributed by atoms with E-state index in [-0.39, 0.29) is 23.5 Å². The molecule has 0 unspecified atom stereocenters. The van der Waals surface area contributed by atoms with Gasteiger partial charge in [-0.15, -0.1) is 0 Å². The average Bonchev–Trinajstić information content (AvgIpc) is 3.03. The molecule has 0 bridgehead atoms. The van der Waals surface area contributed by atoms with Crippen LogP contribution in [0, 0.1) is 0 Å². The monoisotopic (exact) mass is 400 g/mol. The second kappa shape index (κ2) is 8.02. The first-order valence-corrected chi connectivity index (χ1v) is 9.62. The number of rotatable bonds is 4. The van der Waals surface area contributed by atoms with Crippen molar-refractivity contribution in [1.82, 2.24) is 15.1 Å². The number of nitrogens with two attached hydrogens (primary N) is 2. The maximum atomic E-state index is 11.9. The van der Waals surface area contributed by atoms with E-state index in [0.29, 0.717) is 0 Å². The summed E-state index contributed by atoms with van der Waals surface area (Å²) in [7, 11) is 0. The van der Waals surface area contributed by atoms with Crippen molar-refractivity contribution >= 4 is 23.4 Å². The van der Waals surface area contributed by atoms with Crippen LogP contribution in [0.1, 0.15) is 44.1 Å². The van der Waals surface area contributed by atoms with Gasteiger partial charge in [0.25, 0.3) is 5.91 Å². The lowest BCUT2D eigenvalue weighted by Gasteiger charge is -2.34. The summed E-state index contributed by atoms with van der Waals surface area (Å²) in [6.45, 7) is 7.22. The van der Waals surface area contributed by atoms with Gasteiger partial charge >= 0.3 is 6.09 Å². The van der Waals surface area contributed by atoms with Crippen molar-refractivity contribution < 1.29 is 14.3 Å². The number of anilines is 2. The summed E-state index contributed by atoms with van der Waals surface area (Å²) >= 11 is 0. The molecule has 0 spiro atoms. The molecule has 1 aliphatic rings. The smallest absolute Gasteiger partial charge is 0.407 e. The van der Waals surface area contributed by atoms with E-state index in [2.05, 4.69) is 15.3 Å². The molecule has 2 amide bonds. The molecule has 156 valence electrons. The first-order chi connectivity index (χ1) is 13.6. The van der Waals surface area contributed by atoms with E-state index in [1.807, 2.05) is 45.0 Å². The Labute approximate surface area is 170 Å². The predicted octanol–water partition coefficient (Wildman–Crippen LogP) is 2.05. The van der Waals surface area contributed by atoms with Crippen molar-refractivity contribution in [3.63, 3.8) is 0 Å². The fourth-order valence-corrected chi connectivity index (χ4v) is 3.28. The number of piperidine rings is 1. The highest BCUT2D eigenvalue weighted by molar-refractivity contribution is 5.95. The van der Waals surface area contributed by atoms with Crippen molar-refractivity contribution in [2.24, 2.45) is 5.73 Å². The van der Waals surface area contributed by atoms with E-state index in [4.69, 9.17) is 16.2 Å². The third-order valence-electron chi connectivity index (χ3n) is 4.67. The van der Waals surface area contributed by atoms with Crippen molar-refractivity contribution in [3.05, 3.63) is 36.2 Å². The molecular weight excluding hydrogens is 372 g/mol. The van der Waals surface area contributed by atoms with E-state index in [1.165, 1.54) is 4.68 Å². The average molecular weight is 400 g/mol. The molecule has 1 saturated heterocycles. The molecule has 1 aliphatic heterocycles. The standard InChI is InChI=1S/C20H28N6O3/c1-20(2,3)29-19(28)23-13-8-10-25(11-9-13)14-4-6-15(7-5-14)26-12-16(21)17(24-26)18(22)27/h4-7,12-13H,8-11,21H2,1-3H3,(H2,22,27)(H,23,28). The minimum atomic E-state index is -0.652. The normalized spacial score (nSPS) is 15.2. The Morgan fingerprint density at radius 3 is 2.24 bits per heavy atom. The number of benzene rings is 1. The minimum absolute atomic E-state index is 0.0636. The van der Waals surface area contributed by atoms with Gasteiger partial charge in [-0.05, 0) is 57.9 Å². The number of carbonyl (C=O) groups excluding carboxylic acids is 2. The largest absolute Gasteiger partial charge is 0.444 e. The zero-order chi connectivity index (χ0) is 21.2. The number of hydrogen-bond acceptors (Lipinski definition) is 6. The topological polar surface area (TPSA) is 128 Å². The fraction of sp³-hybridized carbons (Fsp3) is 0.450. The number of amides is 2. The molecule has 3 rings (SSSR count). The Bertz CT molecular complexity index is 877. The molecule has 2 heterocycles. The van der Waals surface area contributed by atoms with E-state index < -0.39 is 11.5 Å². The van der Waals surface area contributed by atoms with E-state index in [9.17, 15) is 9.59 Å². The van der Waals surface area contributed by atoms with Gasteiger partial charge in [-0.3, -0.25) is 4.79 Å². The summed E-state index contributed by atoms with van der Waals surface area (Å²) in [6, 6.07) is 7.94. The molecule has 1 fully saturated rings. The lowest BCUT2D eigenvalue weighted by Crippen LogP contribution is -2.46. The minimum Gasteiger partial charge on any atom is -0.444 e. The van der Waals surface area contributed by atoms with Crippen LogP contribution >= 0.6 is 0 Å². The number of primary amides is 1. The van der Waals surface area contributed by atoms with Crippen molar-refractivity contribution in [1.29, 1.82) is 0 Å². The van der Waals surface area contributed by atoms with Gasteiger partial charge in [0.15, 0.2) is 5.69 Å². The number of alkyl carbamates (subject to hydrolysis) is 1. The van der Waals surface area contributed by atoms with Gasteiger partial charge in [-0.2, -0.15) is 5.10 Å². The summed E-state index contributed by atoms with van der Waals surface area (Å²) in [5.74, 6) is -0.652. The molecule has 1 aromatic carbocycles. The highest BCUT2D eigenvalue weighted by atomic mass is 16.6.